The normalized spacial score (nSPS) is 11.4. The van der Waals surface area contributed by atoms with Crippen LogP contribution in [0, 0.1) is 0 Å². The van der Waals surface area contributed by atoms with Gasteiger partial charge in [0.25, 0.3) is 0 Å². The van der Waals surface area contributed by atoms with Crippen LogP contribution >= 0.6 is 11.6 Å². The molecule has 0 spiro atoms. The van der Waals surface area contributed by atoms with E-state index in [1.807, 2.05) is 10.6 Å². The molecule has 0 N–H and O–H groups in total. The third kappa shape index (κ3) is 1.29. The van der Waals surface area contributed by atoms with E-state index in [1.54, 1.807) is 12.4 Å². The third-order valence-corrected chi connectivity index (χ3v) is 2.23. The fourth-order valence-corrected chi connectivity index (χ4v) is 1.78. The van der Waals surface area contributed by atoms with E-state index in [0.29, 0.717) is 11.3 Å². The second-order valence-corrected chi connectivity index (χ2v) is 3.55. The van der Waals surface area contributed by atoms with Gasteiger partial charge in [0.1, 0.15) is 0 Å². The Morgan fingerprint density at radius 2 is 2.23 bits per heavy atom. The van der Waals surface area contributed by atoms with Crippen molar-refractivity contribution in [2.45, 2.75) is 19.9 Å². The maximum atomic E-state index is 5.99. The monoisotopic (exact) mass is 195 g/mol. The van der Waals surface area contributed by atoms with Crippen molar-refractivity contribution in [3.05, 3.63) is 23.7 Å². The van der Waals surface area contributed by atoms with Crippen molar-refractivity contribution in [2.24, 2.45) is 0 Å². The molecular weight excluding hydrogens is 186 g/mol. The highest BCUT2D eigenvalue weighted by atomic mass is 35.5. The molecule has 4 heteroatoms. The van der Waals surface area contributed by atoms with Crippen LogP contribution < -0.4 is 0 Å². The number of fused-ring (bicyclic) bond motifs is 1. The smallest absolute Gasteiger partial charge is 0.204 e. The van der Waals surface area contributed by atoms with Gasteiger partial charge in [-0.15, -0.1) is 0 Å². The topological polar surface area (TPSA) is 30.7 Å². The number of nitrogens with zero attached hydrogens (tertiary/aromatic N) is 3. The van der Waals surface area contributed by atoms with Crippen molar-refractivity contribution in [3.8, 4) is 0 Å². The Morgan fingerprint density at radius 1 is 1.46 bits per heavy atom. The lowest BCUT2D eigenvalue weighted by atomic mass is 10.3. The van der Waals surface area contributed by atoms with E-state index in [9.17, 15) is 0 Å². The third-order valence-electron chi connectivity index (χ3n) is 1.97. The molecule has 0 radical (unpaired) electrons. The fourth-order valence-electron chi connectivity index (χ4n) is 1.40. The second-order valence-electron chi connectivity index (χ2n) is 3.21. The van der Waals surface area contributed by atoms with Gasteiger partial charge in [-0.1, -0.05) is 0 Å². The highest BCUT2D eigenvalue weighted by Gasteiger charge is 2.10. The summed E-state index contributed by atoms with van der Waals surface area (Å²) in [4.78, 5) is 8.27. The first-order chi connectivity index (χ1) is 6.20. The van der Waals surface area contributed by atoms with Gasteiger partial charge in [-0.25, -0.2) is 4.98 Å². The minimum Gasteiger partial charge on any atom is -0.311 e. The molecule has 0 aliphatic carbocycles. The van der Waals surface area contributed by atoms with Crippen LogP contribution in [0.25, 0.3) is 11.0 Å². The Bertz CT molecular complexity index is 433. The number of pyridine rings is 1. The van der Waals surface area contributed by atoms with Crippen LogP contribution in [0.4, 0.5) is 0 Å². The first-order valence-electron chi connectivity index (χ1n) is 4.17. The first kappa shape index (κ1) is 8.51. The van der Waals surface area contributed by atoms with Crippen LogP contribution in [0.1, 0.15) is 19.9 Å². The fraction of sp³-hybridized carbons (Fsp3) is 0.333. The molecule has 0 aliphatic heterocycles. The van der Waals surface area contributed by atoms with Crippen molar-refractivity contribution in [1.29, 1.82) is 0 Å². The molecule has 2 heterocycles. The highest BCUT2D eigenvalue weighted by molar-refractivity contribution is 6.29. The van der Waals surface area contributed by atoms with Crippen LogP contribution in [-0.4, -0.2) is 14.5 Å². The molecule has 68 valence electrons. The van der Waals surface area contributed by atoms with E-state index in [0.717, 1.165) is 11.0 Å². The molecule has 0 bridgehead atoms. The largest absolute Gasteiger partial charge is 0.311 e. The zero-order chi connectivity index (χ0) is 9.42. The lowest BCUT2D eigenvalue weighted by Gasteiger charge is -2.08. The maximum Gasteiger partial charge on any atom is 0.204 e. The summed E-state index contributed by atoms with van der Waals surface area (Å²) in [5.41, 5.74) is 1.89. The van der Waals surface area contributed by atoms with Gasteiger partial charge in [-0.05, 0) is 31.5 Å². The van der Waals surface area contributed by atoms with Gasteiger partial charge in [0.05, 0.1) is 17.2 Å². The van der Waals surface area contributed by atoms with Crippen LogP contribution in [0.2, 0.25) is 5.28 Å². The molecule has 0 atom stereocenters. The average Bonchev–Trinajstić information content (AvgIpc) is 2.39. The van der Waals surface area contributed by atoms with Gasteiger partial charge in [-0.2, -0.15) is 0 Å². The number of imidazole rings is 1. The van der Waals surface area contributed by atoms with Crippen molar-refractivity contribution in [1.82, 2.24) is 14.5 Å². The molecule has 0 unspecified atom stereocenters. The SMILES string of the molecule is CC(C)n1c(Cl)nc2ccncc21. The zero-order valence-electron chi connectivity index (χ0n) is 7.53. The molecule has 0 fully saturated rings. The predicted octanol–water partition coefficient (Wildman–Crippen LogP) is 2.67. The summed E-state index contributed by atoms with van der Waals surface area (Å²) in [5.74, 6) is 0. The number of halogens is 1. The number of hydrogen-bond acceptors (Lipinski definition) is 2. The van der Waals surface area contributed by atoms with Crippen LogP contribution in [0.15, 0.2) is 18.5 Å². The van der Waals surface area contributed by atoms with E-state index < -0.39 is 0 Å². The summed E-state index contributed by atoms with van der Waals surface area (Å²) in [5, 5.41) is 0.526. The van der Waals surface area contributed by atoms with Crippen LogP contribution in [-0.2, 0) is 0 Å². The van der Waals surface area contributed by atoms with Crippen molar-refractivity contribution in [2.75, 3.05) is 0 Å². The molecule has 0 amide bonds. The summed E-state index contributed by atoms with van der Waals surface area (Å²) in [6.45, 7) is 4.14. The Balaban J connectivity index is 2.78. The van der Waals surface area contributed by atoms with Gasteiger partial charge in [0.15, 0.2) is 0 Å². The standard InChI is InChI=1S/C9H10ClN3/c1-6(2)13-8-5-11-4-3-7(8)12-9(13)10/h3-6H,1-2H3. The van der Waals surface area contributed by atoms with Crippen molar-refractivity contribution in [3.63, 3.8) is 0 Å². The molecular formula is C9H10ClN3. The van der Waals surface area contributed by atoms with Crippen LogP contribution in [0.5, 0.6) is 0 Å². The summed E-state index contributed by atoms with van der Waals surface area (Å²) in [6.07, 6.45) is 3.50. The highest BCUT2D eigenvalue weighted by Crippen LogP contribution is 2.22. The molecule has 0 aromatic carbocycles. The summed E-state index contributed by atoms with van der Waals surface area (Å²) in [7, 11) is 0. The molecule has 13 heavy (non-hydrogen) atoms. The van der Waals surface area contributed by atoms with Gasteiger partial charge in [0.2, 0.25) is 5.28 Å². The van der Waals surface area contributed by atoms with Crippen molar-refractivity contribution >= 4 is 22.6 Å². The van der Waals surface area contributed by atoms with E-state index in [-0.39, 0.29) is 0 Å². The number of aromatic nitrogens is 3. The minimum absolute atomic E-state index is 0.307. The average molecular weight is 196 g/mol. The first-order valence-corrected chi connectivity index (χ1v) is 4.55. The lowest BCUT2D eigenvalue weighted by molar-refractivity contribution is 0.618. The maximum absolute atomic E-state index is 5.99. The predicted molar refractivity (Wildman–Crippen MR) is 52.9 cm³/mol. The van der Waals surface area contributed by atoms with Crippen molar-refractivity contribution < 1.29 is 0 Å². The van der Waals surface area contributed by atoms with Gasteiger partial charge in [0, 0.05) is 12.2 Å². The molecule has 0 aliphatic rings. The minimum atomic E-state index is 0.307. The quantitative estimate of drug-likeness (QED) is 0.701. The van der Waals surface area contributed by atoms with E-state index >= 15 is 0 Å². The molecule has 0 saturated carbocycles. The summed E-state index contributed by atoms with van der Waals surface area (Å²) < 4.78 is 1.96. The molecule has 2 aromatic heterocycles. The molecule has 3 nitrogen and oxygen atoms in total. The van der Waals surface area contributed by atoms with E-state index in [4.69, 9.17) is 11.6 Å². The molecule has 2 rings (SSSR count). The molecule has 2 aromatic rings. The van der Waals surface area contributed by atoms with Gasteiger partial charge >= 0.3 is 0 Å². The zero-order valence-corrected chi connectivity index (χ0v) is 8.28. The van der Waals surface area contributed by atoms with E-state index in [2.05, 4.69) is 23.8 Å². The molecule has 0 saturated heterocycles. The van der Waals surface area contributed by atoms with Gasteiger partial charge in [-0.3, -0.25) is 4.98 Å². The van der Waals surface area contributed by atoms with Gasteiger partial charge < -0.3 is 4.57 Å². The summed E-state index contributed by atoms with van der Waals surface area (Å²) in [6, 6.07) is 2.17. The Labute approximate surface area is 81.4 Å². The number of hydrogen-bond donors (Lipinski definition) is 0. The summed E-state index contributed by atoms with van der Waals surface area (Å²) >= 11 is 5.99. The Hall–Kier alpha value is -1.09. The van der Waals surface area contributed by atoms with Crippen LogP contribution in [0.3, 0.4) is 0 Å². The Kier molecular flexibility index (Phi) is 1.96. The second kappa shape index (κ2) is 3.00. The lowest BCUT2D eigenvalue weighted by Crippen LogP contribution is -2.00. The van der Waals surface area contributed by atoms with E-state index in [1.165, 1.54) is 0 Å². The Morgan fingerprint density at radius 3 is 2.92 bits per heavy atom. The number of rotatable bonds is 1.